The average molecular weight is 371 g/mol. The van der Waals surface area contributed by atoms with Crippen LogP contribution in [0.5, 0.6) is 0 Å². The predicted molar refractivity (Wildman–Crippen MR) is 91.8 cm³/mol. The zero-order valence-corrected chi connectivity index (χ0v) is 14.3. The quantitative estimate of drug-likeness (QED) is 0.901. The number of halogens is 4. The molecule has 1 saturated heterocycles. The number of nitrogens with zero attached hydrogens (tertiary/aromatic N) is 2. The van der Waals surface area contributed by atoms with Crippen molar-refractivity contribution in [1.82, 2.24) is 15.2 Å². The van der Waals surface area contributed by atoms with Gasteiger partial charge in [0.2, 0.25) is 5.89 Å². The van der Waals surface area contributed by atoms with Crippen molar-refractivity contribution in [3.8, 4) is 11.3 Å². The Morgan fingerprint density at radius 1 is 1.14 bits per heavy atom. The van der Waals surface area contributed by atoms with E-state index in [0.29, 0.717) is 23.8 Å². The second kappa shape index (κ2) is 10.0. The van der Waals surface area contributed by atoms with Crippen LogP contribution in [-0.2, 0) is 6.54 Å². The lowest BCUT2D eigenvalue weighted by molar-refractivity contribution is 0.213. The average Bonchev–Trinajstić information content (AvgIpc) is 2.89. The third-order valence-electron chi connectivity index (χ3n) is 3.26. The van der Waals surface area contributed by atoms with Gasteiger partial charge in [-0.25, -0.2) is 9.37 Å². The van der Waals surface area contributed by atoms with Crippen molar-refractivity contribution in [3.63, 3.8) is 0 Å². The molecule has 0 atom stereocenters. The molecule has 0 unspecified atom stereocenters. The normalized spacial score (nSPS) is 14.4. The Bertz CT molecular complexity index is 562. The molecule has 124 valence electrons. The van der Waals surface area contributed by atoms with E-state index in [1.807, 2.05) is 0 Å². The molecule has 2 aromatic rings. The standard InChI is InChI=1S/C14H16FN3O.3ClH/c15-12-4-2-1-3-11(12)13-9-17-14(19-13)10-18-7-5-16-6-8-18;;;/h1-4,9,16H,5-8,10H2;3*1H. The fourth-order valence-electron chi connectivity index (χ4n) is 2.23. The molecule has 0 bridgehead atoms. The highest BCUT2D eigenvalue weighted by molar-refractivity contribution is 5.86. The topological polar surface area (TPSA) is 41.3 Å². The van der Waals surface area contributed by atoms with Crippen LogP contribution in [0.2, 0.25) is 0 Å². The molecular weight excluding hydrogens is 352 g/mol. The Balaban J connectivity index is 0.00000147. The third-order valence-corrected chi connectivity index (χ3v) is 3.26. The van der Waals surface area contributed by atoms with Gasteiger partial charge in [-0.2, -0.15) is 0 Å². The van der Waals surface area contributed by atoms with Crippen molar-refractivity contribution in [1.29, 1.82) is 0 Å². The second-order valence-corrected chi connectivity index (χ2v) is 4.62. The molecule has 1 fully saturated rings. The number of aromatic nitrogens is 1. The van der Waals surface area contributed by atoms with E-state index in [1.54, 1.807) is 24.4 Å². The molecule has 8 heteroatoms. The molecule has 1 aromatic carbocycles. The van der Waals surface area contributed by atoms with Gasteiger partial charge in [0.15, 0.2) is 5.76 Å². The van der Waals surface area contributed by atoms with Gasteiger partial charge in [0.1, 0.15) is 5.82 Å². The van der Waals surface area contributed by atoms with Gasteiger partial charge >= 0.3 is 0 Å². The van der Waals surface area contributed by atoms with Gasteiger partial charge in [-0.1, -0.05) is 12.1 Å². The summed E-state index contributed by atoms with van der Waals surface area (Å²) in [6.45, 7) is 4.62. The van der Waals surface area contributed by atoms with Gasteiger partial charge in [-0.05, 0) is 12.1 Å². The number of benzene rings is 1. The van der Waals surface area contributed by atoms with Gasteiger partial charge in [0, 0.05) is 26.2 Å². The lowest BCUT2D eigenvalue weighted by Gasteiger charge is -2.25. The Labute approximate surface area is 147 Å². The van der Waals surface area contributed by atoms with Crippen LogP contribution in [0.3, 0.4) is 0 Å². The summed E-state index contributed by atoms with van der Waals surface area (Å²) in [6.07, 6.45) is 1.59. The summed E-state index contributed by atoms with van der Waals surface area (Å²) in [4.78, 5) is 6.50. The molecule has 1 N–H and O–H groups in total. The minimum Gasteiger partial charge on any atom is -0.439 e. The molecule has 1 aliphatic heterocycles. The first-order valence-electron chi connectivity index (χ1n) is 6.45. The van der Waals surface area contributed by atoms with Crippen LogP contribution in [-0.4, -0.2) is 36.1 Å². The van der Waals surface area contributed by atoms with Gasteiger partial charge < -0.3 is 9.73 Å². The number of hydrogen-bond donors (Lipinski definition) is 1. The van der Waals surface area contributed by atoms with E-state index < -0.39 is 0 Å². The molecule has 22 heavy (non-hydrogen) atoms. The molecule has 1 aliphatic rings. The van der Waals surface area contributed by atoms with Crippen molar-refractivity contribution in [2.24, 2.45) is 0 Å². The predicted octanol–water partition coefficient (Wildman–Crippen LogP) is 3.15. The van der Waals surface area contributed by atoms with Crippen LogP contribution in [0.25, 0.3) is 11.3 Å². The number of piperazine rings is 1. The van der Waals surface area contributed by atoms with E-state index in [1.165, 1.54) is 6.07 Å². The Hall–Kier alpha value is -0.850. The van der Waals surface area contributed by atoms with E-state index in [4.69, 9.17) is 4.42 Å². The third kappa shape index (κ3) is 5.11. The Morgan fingerprint density at radius 2 is 1.82 bits per heavy atom. The summed E-state index contributed by atoms with van der Waals surface area (Å²) in [5, 5.41) is 3.30. The second-order valence-electron chi connectivity index (χ2n) is 4.62. The van der Waals surface area contributed by atoms with Crippen molar-refractivity contribution >= 4 is 37.2 Å². The smallest absolute Gasteiger partial charge is 0.209 e. The molecular formula is C14H19Cl3FN3O. The summed E-state index contributed by atoms with van der Waals surface area (Å²) >= 11 is 0. The summed E-state index contributed by atoms with van der Waals surface area (Å²) < 4.78 is 19.3. The maximum Gasteiger partial charge on any atom is 0.209 e. The first kappa shape index (κ1) is 21.1. The minimum atomic E-state index is -0.285. The van der Waals surface area contributed by atoms with E-state index >= 15 is 0 Å². The largest absolute Gasteiger partial charge is 0.439 e. The molecule has 0 spiro atoms. The first-order valence-corrected chi connectivity index (χ1v) is 6.45. The SMILES string of the molecule is Cl.Cl.Cl.Fc1ccccc1-c1cnc(CN2CCNCC2)o1. The van der Waals surface area contributed by atoms with Crippen molar-refractivity contribution in [2.45, 2.75) is 6.54 Å². The van der Waals surface area contributed by atoms with E-state index in [9.17, 15) is 4.39 Å². The number of nitrogens with one attached hydrogen (secondary N) is 1. The van der Waals surface area contributed by atoms with Crippen LogP contribution in [0, 0.1) is 5.82 Å². The highest BCUT2D eigenvalue weighted by atomic mass is 35.5. The molecule has 0 amide bonds. The van der Waals surface area contributed by atoms with E-state index in [0.717, 1.165) is 26.2 Å². The summed E-state index contributed by atoms with van der Waals surface area (Å²) in [5.41, 5.74) is 0.460. The van der Waals surface area contributed by atoms with E-state index in [2.05, 4.69) is 15.2 Å². The first-order chi connectivity index (χ1) is 9.33. The minimum absolute atomic E-state index is 0. The molecule has 1 aromatic heterocycles. The van der Waals surface area contributed by atoms with Gasteiger partial charge in [0.05, 0.1) is 18.3 Å². The molecule has 0 radical (unpaired) electrons. The fraction of sp³-hybridized carbons (Fsp3) is 0.357. The van der Waals surface area contributed by atoms with Crippen LogP contribution >= 0.6 is 37.2 Å². The Morgan fingerprint density at radius 3 is 2.50 bits per heavy atom. The number of rotatable bonds is 3. The molecule has 0 saturated carbocycles. The Kier molecular flexibility index (Phi) is 9.64. The molecule has 4 nitrogen and oxygen atoms in total. The summed E-state index contributed by atoms with van der Waals surface area (Å²) in [7, 11) is 0. The molecule has 0 aliphatic carbocycles. The van der Waals surface area contributed by atoms with Crippen LogP contribution in [0.1, 0.15) is 5.89 Å². The lowest BCUT2D eigenvalue weighted by atomic mass is 10.2. The molecule has 2 heterocycles. The maximum atomic E-state index is 13.6. The van der Waals surface area contributed by atoms with Gasteiger partial charge in [0.25, 0.3) is 0 Å². The fourth-order valence-corrected chi connectivity index (χ4v) is 2.23. The maximum absolute atomic E-state index is 13.6. The van der Waals surface area contributed by atoms with Crippen LogP contribution in [0.4, 0.5) is 4.39 Å². The monoisotopic (exact) mass is 369 g/mol. The van der Waals surface area contributed by atoms with E-state index in [-0.39, 0.29) is 43.0 Å². The summed E-state index contributed by atoms with van der Waals surface area (Å²) in [5.74, 6) is 0.843. The zero-order valence-electron chi connectivity index (χ0n) is 11.8. The number of hydrogen-bond acceptors (Lipinski definition) is 4. The zero-order chi connectivity index (χ0) is 13.1. The lowest BCUT2D eigenvalue weighted by Crippen LogP contribution is -2.42. The van der Waals surface area contributed by atoms with Crippen LogP contribution in [0.15, 0.2) is 34.9 Å². The molecule has 3 rings (SSSR count). The number of oxazole rings is 1. The van der Waals surface area contributed by atoms with Crippen LogP contribution < -0.4 is 5.32 Å². The van der Waals surface area contributed by atoms with Gasteiger partial charge in [-0.3, -0.25) is 4.90 Å². The van der Waals surface area contributed by atoms with Crippen molar-refractivity contribution in [3.05, 3.63) is 42.2 Å². The van der Waals surface area contributed by atoms with Crippen molar-refractivity contribution in [2.75, 3.05) is 26.2 Å². The summed E-state index contributed by atoms with van der Waals surface area (Å²) in [6, 6.07) is 6.58. The van der Waals surface area contributed by atoms with Gasteiger partial charge in [-0.15, -0.1) is 37.2 Å². The highest BCUT2D eigenvalue weighted by Gasteiger charge is 2.15. The van der Waals surface area contributed by atoms with Crippen molar-refractivity contribution < 1.29 is 8.81 Å². The highest BCUT2D eigenvalue weighted by Crippen LogP contribution is 2.23.